The number of aliphatic hydroxyl groups is 1. The van der Waals surface area contributed by atoms with E-state index in [-0.39, 0.29) is 11.3 Å². The minimum absolute atomic E-state index is 0.0267. The third kappa shape index (κ3) is 4.05. The van der Waals surface area contributed by atoms with Crippen molar-refractivity contribution < 1.29 is 29.0 Å². The van der Waals surface area contributed by atoms with E-state index in [1.807, 2.05) is 6.92 Å². The Labute approximate surface area is 174 Å². The molecule has 0 aliphatic carbocycles. The monoisotopic (exact) mass is 409 g/mol. The van der Waals surface area contributed by atoms with E-state index < -0.39 is 23.7 Å². The van der Waals surface area contributed by atoms with Crippen molar-refractivity contribution in [1.82, 2.24) is 4.90 Å². The van der Waals surface area contributed by atoms with E-state index in [9.17, 15) is 19.5 Å². The zero-order valence-electron chi connectivity index (χ0n) is 17.0. The highest BCUT2D eigenvalue weighted by Gasteiger charge is 2.45. The molecule has 1 atom stereocenters. The predicted octanol–water partition coefficient (Wildman–Crippen LogP) is 3.45. The van der Waals surface area contributed by atoms with Crippen LogP contribution in [0.25, 0.3) is 5.76 Å². The first-order chi connectivity index (χ1) is 14.4. The lowest BCUT2D eigenvalue weighted by Gasteiger charge is -2.25. The maximum Gasteiger partial charge on any atom is 0.308 e. The van der Waals surface area contributed by atoms with Gasteiger partial charge in [-0.3, -0.25) is 14.4 Å². The first-order valence-corrected chi connectivity index (χ1v) is 9.58. The van der Waals surface area contributed by atoms with Gasteiger partial charge in [0.15, 0.2) is 0 Å². The molecule has 0 saturated carbocycles. The minimum atomic E-state index is -0.738. The number of hydrogen-bond donors (Lipinski definition) is 1. The summed E-state index contributed by atoms with van der Waals surface area (Å²) in [6.07, 6.45) is 0.650. The zero-order valence-corrected chi connectivity index (χ0v) is 17.0. The molecule has 0 bridgehead atoms. The molecular formula is C23H23NO6. The first-order valence-electron chi connectivity index (χ1n) is 9.58. The number of carbonyl (C=O) groups excluding carboxylic acids is 3. The summed E-state index contributed by atoms with van der Waals surface area (Å²) < 4.78 is 10.2. The largest absolute Gasteiger partial charge is 0.507 e. The van der Waals surface area contributed by atoms with E-state index in [1.165, 1.54) is 18.9 Å². The van der Waals surface area contributed by atoms with Crippen LogP contribution in [-0.4, -0.2) is 41.3 Å². The van der Waals surface area contributed by atoms with Crippen molar-refractivity contribution in [1.29, 1.82) is 0 Å². The molecule has 1 fully saturated rings. The summed E-state index contributed by atoms with van der Waals surface area (Å²) in [6.45, 7) is 3.57. The number of likely N-dealkylation sites (tertiary alicyclic amines) is 1. The maximum atomic E-state index is 12.8. The number of ether oxygens (including phenoxy) is 2. The van der Waals surface area contributed by atoms with E-state index in [4.69, 9.17) is 9.47 Å². The summed E-state index contributed by atoms with van der Waals surface area (Å²) in [5, 5.41) is 10.9. The van der Waals surface area contributed by atoms with E-state index in [1.54, 1.807) is 48.5 Å². The number of ketones is 1. The van der Waals surface area contributed by atoms with Gasteiger partial charge >= 0.3 is 5.97 Å². The predicted molar refractivity (Wildman–Crippen MR) is 110 cm³/mol. The molecule has 1 aliphatic heterocycles. The Hall–Kier alpha value is -3.61. The lowest BCUT2D eigenvalue weighted by atomic mass is 9.95. The molecule has 3 rings (SSSR count). The van der Waals surface area contributed by atoms with Crippen LogP contribution in [0, 0.1) is 0 Å². The molecular weight excluding hydrogens is 386 g/mol. The number of methoxy groups -OCH3 is 1. The summed E-state index contributed by atoms with van der Waals surface area (Å²) in [6, 6.07) is 12.4. The van der Waals surface area contributed by atoms with E-state index in [0.717, 1.165) is 0 Å². The number of benzene rings is 2. The van der Waals surface area contributed by atoms with Crippen molar-refractivity contribution in [3.63, 3.8) is 0 Å². The van der Waals surface area contributed by atoms with Crippen molar-refractivity contribution in [3.8, 4) is 11.5 Å². The van der Waals surface area contributed by atoms with Gasteiger partial charge in [0, 0.05) is 19.0 Å². The highest BCUT2D eigenvalue weighted by Crippen LogP contribution is 2.40. The summed E-state index contributed by atoms with van der Waals surface area (Å²) >= 11 is 0. The third-order valence-corrected chi connectivity index (χ3v) is 4.83. The molecule has 0 aromatic heterocycles. The summed E-state index contributed by atoms with van der Waals surface area (Å²) in [7, 11) is 1.53. The standard InChI is InChI=1S/C23H23NO6/c1-4-13-24-20(15-5-11-18(12-6-15)30-14(2)25)19(22(27)23(24)28)21(26)16-7-9-17(29-3)10-8-16/h5-12,20,26H,4,13H2,1-3H3/b21-19-. The van der Waals surface area contributed by atoms with Gasteiger partial charge in [0.2, 0.25) is 0 Å². The van der Waals surface area contributed by atoms with Crippen LogP contribution in [0.15, 0.2) is 54.1 Å². The normalized spacial score (nSPS) is 17.8. The van der Waals surface area contributed by atoms with E-state index >= 15 is 0 Å². The maximum absolute atomic E-state index is 12.8. The molecule has 1 aliphatic rings. The molecule has 0 spiro atoms. The van der Waals surface area contributed by atoms with Crippen LogP contribution in [0.4, 0.5) is 0 Å². The van der Waals surface area contributed by atoms with Gasteiger partial charge in [-0.2, -0.15) is 0 Å². The van der Waals surface area contributed by atoms with E-state index in [2.05, 4.69) is 0 Å². The van der Waals surface area contributed by atoms with Gasteiger partial charge in [-0.25, -0.2) is 0 Å². The molecule has 1 heterocycles. The van der Waals surface area contributed by atoms with Crippen molar-refractivity contribution in [3.05, 3.63) is 65.2 Å². The van der Waals surface area contributed by atoms with E-state index in [0.29, 0.717) is 35.6 Å². The Morgan fingerprint density at radius 2 is 1.63 bits per heavy atom. The van der Waals surface area contributed by atoms with Gasteiger partial charge in [-0.05, 0) is 48.4 Å². The third-order valence-electron chi connectivity index (χ3n) is 4.83. The molecule has 30 heavy (non-hydrogen) atoms. The lowest BCUT2D eigenvalue weighted by Crippen LogP contribution is -2.30. The van der Waals surface area contributed by atoms with Crippen LogP contribution in [0.1, 0.15) is 37.4 Å². The zero-order chi connectivity index (χ0) is 21.8. The van der Waals surface area contributed by atoms with Gasteiger partial charge in [-0.1, -0.05) is 19.1 Å². The lowest BCUT2D eigenvalue weighted by molar-refractivity contribution is -0.139. The summed E-state index contributed by atoms with van der Waals surface area (Å²) in [4.78, 5) is 38.1. The second-order valence-corrected chi connectivity index (χ2v) is 6.88. The molecule has 7 nitrogen and oxygen atoms in total. The summed E-state index contributed by atoms with van der Waals surface area (Å²) in [5.74, 6) is -1.11. The van der Waals surface area contributed by atoms with Crippen molar-refractivity contribution in [2.45, 2.75) is 26.3 Å². The molecule has 2 aromatic carbocycles. The van der Waals surface area contributed by atoms with Gasteiger partial charge < -0.3 is 19.5 Å². The fraction of sp³-hybridized carbons (Fsp3) is 0.261. The SMILES string of the molecule is CCCN1C(=O)C(=O)/C(=C(\O)c2ccc(OC)cc2)C1c1ccc(OC(C)=O)cc1. The molecule has 1 unspecified atom stereocenters. The average Bonchev–Trinajstić information content (AvgIpc) is 2.99. The number of nitrogens with zero attached hydrogens (tertiary/aromatic N) is 1. The van der Waals surface area contributed by atoms with Crippen molar-refractivity contribution in [2.75, 3.05) is 13.7 Å². The van der Waals surface area contributed by atoms with Gasteiger partial charge in [0.1, 0.15) is 17.3 Å². The molecule has 156 valence electrons. The van der Waals surface area contributed by atoms with Gasteiger partial charge in [0.25, 0.3) is 11.7 Å². The Kier molecular flexibility index (Phi) is 6.20. The molecule has 2 aromatic rings. The summed E-state index contributed by atoms with van der Waals surface area (Å²) in [5.41, 5.74) is 1.07. The smallest absolute Gasteiger partial charge is 0.308 e. The first kappa shape index (κ1) is 21.1. The molecule has 0 radical (unpaired) electrons. The van der Waals surface area contributed by atoms with Crippen LogP contribution >= 0.6 is 0 Å². The highest BCUT2D eigenvalue weighted by molar-refractivity contribution is 6.46. The number of esters is 1. The van der Waals surface area contributed by atoms with Crippen LogP contribution in [-0.2, 0) is 14.4 Å². The van der Waals surface area contributed by atoms with Crippen molar-refractivity contribution in [2.24, 2.45) is 0 Å². The fourth-order valence-electron chi connectivity index (χ4n) is 3.49. The molecule has 1 N–H and O–H groups in total. The number of carbonyl (C=O) groups is 3. The number of Topliss-reactive ketones (excluding diaryl/α,β-unsaturated/α-hetero) is 1. The highest BCUT2D eigenvalue weighted by atomic mass is 16.5. The molecule has 7 heteroatoms. The van der Waals surface area contributed by atoms with Crippen LogP contribution < -0.4 is 9.47 Å². The van der Waals surface area contributed by atoms with Gasteiger partial charge in [-0.15, -0.1) is 0 Å². The van der Waals surface area contributed by atoms with Crippen LogP contribution in [0.3, 0.4) is 0 Å². The average molecular weight is 409 g/mol. The number of hydrogen-bond acceptors (Lipinski definition) is 6. The topological polar surface area (TPSA) is 93.1 Å². The minimum Gasteiger partial charge on any atom is -0.507 e. The number of rotatable bonds is 6. The second-order valence-electron chi connectivity index (χ2n) is 6.88. The fourth-order valence-corrected chi connectivity index (χ4v) is 3.49. The van der Waals surface area contributed by atoms with Crippen LogP contribution in [0.2, 0.25) is 0 Å². The molecule has 1 amide bonds. The van der Waals surface area contributed by atoms with Crippen molar-refractivity contribution >= 4 is 23.4 Å². The molecule has 1 saturated heterocycles. The van der Waals surface area contributed by atoms with Gasteiger partial charge in [0.05, 0.1) is 18.7 Å². The Balaban J connectivity index is 2.09. The Morgan fingerprint density at radius 1 is 1.03 bits per heavy atom. The second kappa shape index (κ2) is 8.82. The number of amides is 1. The number of aliphatic hydroxyl groups excluding tert-OH is 1. The quantitative estimate of drug-likeness (QED) is 0.258. The van der Waals surface area contributed by atoms with Crippen LogP contribution in [0.5, 0.6) is 11.5 Å². The Morgan fingerprint density at radius 3 is 2.17 bits per heavy atom. The Bertz CT molecular complexity index is 991.